The summed E-state index contributed by atoms with van der Waals surface area (Å²) in [6.07, 6.45) is -1.19. The number of carbonyl (C=O) groups is 1. The Hall–Kier alpha value is -2.64. The Kier molecular flexibility index (Phi) is 5.15. The summed E-state index contributed by atoms with van der Waals surface area (Å²) in [7, 11) is 1.48. The average Bonchev–Trinajstić information content (AvgIpc) is 2.56. The molecule has 0 saturated carbocycles. The number of carboxylic acid groups (broad SMARTS) is 1. The first-order chi connectivity index (χ1) is 11.0. The molecule has 0 radical (unpaired) electrons. The number of benzene rings is 1. The molecule has 1 aromatic carbocycles. The zero-order valence-electron chi connectivity index (χ0n) is 12.5. The van der Waals surface area contributed by atoms with E-state index >= 15 is 0 Å². The first-order valence-electron chi connectivity index (χ1n) is 6.89. The van der Waals surface area contributed by atoms with Gasteiger partial charge >= 0.3 is 5.97 Å². The molecule has 7 nitrogen and oxygen atoms in total. The Morgan fingerprint density at radius 1 is 1.26 bits per heavy atom. The van der Waals surface area contributed by atoms with Crippen LogP contribution in [0.4, 0.5) is 0 Å². The minimum Gasteiger partial charge on any atom is -0.496 e. The predicted octanol–water partition coefficient (Wildman–Crippen LogP) is 0.575. The molecule has 2 aromatic rings. The Morgan fingerprint density at radius 3 is 2.57 bits per heavy atom. The molecule has 1 unspecified atom stereocenters. The van der Waals surface area contributed by atoms with Gasteiger partial charge < -0.3 is 24.6 Å². The highest BCUT2D eigenvalue weighted by molar-refractivity contribution is 5.87. The minimum atomic E-state index is -1.35. The van der Waals surface area contributed by atoms with Crippen LogP contribution in [0.2, 0.25) is 0 Å². The molecule has 0 aliphatic rings. The van der Waals surface area contributed by atoms with Gasteiger partial charge in [-0.2, -0.15) is 0 Å². The first kappa shape index (κ1) is 16.7. The van der Waals surface area contributed by atoms with Crippen LogP contribution in [0.1, 0.15) is 10.4 Å². The molecular formula is C16H17NO6. The van der Waals surface area contributed by atoms with Crippen molar-refractivity contribution in [3.8, 4) is 17.0 Å². The van der Waals surface area contributed by atoms with Gasteiger partial charge in [-0.15, -0.1) is 0 Å². The summed E-state index contributed by atoms with van der Waals surface area (Å²) in [5.41, 5.74) is -0.193. The number of rotatable bonds is 6. The van der Waals surface area contributed by atoms with Crippen molar-refractivity contribution < 1.29 is 24.9 Å². The van der Waals surface area contributed by atoms with Crippen molar-refractivity contribution in [1.29, 1.82) is 0 Å². The fraction of sp³-hybridized carbons (Fsp3) is 0.250. The van der Waals surface area contributed by atoms with E-state index in [-0.39, 0.29) is 6.54 Å². The number of pyridine rings is 1. The number of nitrogens with zero attached hydrogens (tertiary/aromatic N) is 1. The van der Waals surface area contributed by atoms with E-state index < -0.39 is 29.8 Å². The number of methoxy groups -OCH3 is 1. The molecule has 122 valence electrons. The number of ether oxygens (including phenoxy) is 1. The second kappa shape index (κ2) is 7.08. The van der Waals surface area contributed by atoms with Gasteiger partial charge in [-0.1, -0.05) is 12.1 Å². The van der Waals surface area contributed by atoms with Gasteiger partial charge in [-0.05, 0) is 24.3 Å². The maximum absolute atomic E-state index is 12.4. The third kappa shape index (κ3) is 3.41. The van der Waals surface area contributed by atoms with Gasteiger partial charge in [-0.3, -0.25) is 4.79 Å². The van der Waals surface area contributed by atoms with Crippen LogP contribution < -0.4 is 10.3 Å². The van der Waals surface area contributed by atoms with E-state index in [0.717, 1.165) is 4.57 Å². The van der Waals surface area contributed by atoms with Crippen molar-refractivity contribution in [1.82, 2.24) is 4.57 Å². The molecule has 2 rings (SSSR count). The average molecular weight is 319 g/mol. The van der Waals surface area contributed by atoms with Crippen molar-refractivity contribution in [3.63, 3.8) is 0 Å². The number of para-hydroxylation sites is 1. The molecule has 0 spiro atoms. The number of aromatic carboxylic acids is 1. The number of aliphatic hydroxyl groups excluding tert-OH is 2. The zero-order chi connectivity index (χ0) is 17.0. The van der Waals surface area contributed by atoms with E-state index in [9.17, 15) is 14.7 Å². The Bertz CT molecular complexity index is 767. The second-order valence-electron chi connectivity index (χ2n) is 4.89. The molecule has 0 aliphatic heterocycles. The van der Waals surface area contributed by atoms with E-state index in [1.165, 1.54) is 19.2 Å². The van der Waals surface area contributed by atoms with Gasteiger partial charge in [-0.25, -0.2) is 4.79 Å². The molecule has 7 heteroatoms. The fourth-order valence-corrected chi connectivity index (χ4v) is 2.28. The summed E-state index contributed by atoms with van der Waals surface area (Å²) in [6.45, 7) is -0.779. The van der Waals surface area contributed by atoms with Gasteiger partial charge in [0.15, 0.2) is 0 Å². The third-order valence-corrected chi connectivity index (χ3v) is 3.39. The quantitative estimate of drug-likeness (QED) is 0.718. The topological polar surface area (TPSA) is 109 Å². The molecule has 1 aromatic heterocycles. The largest absolute Gasteiger partial charge is 0.496 e. The van der Waals surface area contributed by atoms with Crippen LogP contribution in [-0.4, -0.2) is 45.7 Å². The molecule has 0 aliphatic carbocycles. The fourth-order valence-electron chi connectivity index (χ4n) is 2.28. The number of aliphatic hydroxyl groups is 2. The second-order valence-corrected chi connectivity index (χ2v) is 4.89. The molecule has 1 heterocycles. The first-order valence-corrected chi connectivity index (χ1v) is 6.89. The van der Waals surface area contributed by atoms with Crippen molar-refractivity contribution in [2.75, 3.05) is 13.7 Å². The van der Waals surface area contributed by atoms with Crippen LogP contribution in [0.15, 0.2) is 41.2 Å². The highest BCUT2D eigenvalue weighted by atomic mass is 16.5. The summed E-state index contributed by atoms with van der Waals surface area (Å²) in [5.74, 6) is -0.851. The van der Waals surface area contributed by atoms with Gasteiger partial charge in [0, 0.05) is 5.56 Å². The van der Waals surface area contributed by atoms with Crippen LogP contribution in [0, 0.1) is 0 Å². The third-order valence-electron chi connectivity index (χ3n) is 3.39. The lowest BCUT2D eigenvalue weighted by Crippen LogP contribution is -2.32. The van der Waals surface area contributed by atoms with Crippen molar-refractivity contribution >= 4 is 5.97 Å². The van der Waals surface area contributed by atoms with Gasteiger partial charge in [0.2, 0.25) is 0 Å². The van der Waals surface area contributed by atoms with E-state index in [1.807, 2.05) is 0 Å². The van der Waals surface area contributed by atoms with E-state index in [4.69, 9.17) is 14.9 Å². The molecule has 0 fully saturated rings. The molecule has 0 saturated heterocycles. The number of hydrogen-bond acceptors (Lipinski definition) is 5. The van der Waals surface area contributed by atoms with Crippen molar-refractivity contribution in [2.45, 2.75) is 12.6 Å². The van der Waals surface area contributed by atoms with Crippen LogP contribution in [-0.2, 0) is 6.54 Å². The molecule has 0 amide bonds. The normalized spacial score (nSPS) is 12.0. The summed E-state index contributed by atoms with van der Waals surface area (Å²) < 4.78 is 6.39. The highest BCUT2D eigenvalue weighted by Crippen LogP contribution is 2.29. The lowest BCUT2D eigenvalue weighted by Gasteiger charge is -2.18. The van der Waals surface area contributed by atoms with Gasteiger partial charge in [0.05, 0.1) is 32.1 Å². The van der Waals surface area contributed by atoms with Crippen LogP contribution in [0.5, 0.6) is 5.75 Å². The number of aromatic nitrogens is 1. The molecule has 23 heavy (non-hydrogen) atoms. The van der Waals surface area contributed by atoms with Gasteiger partial charge in [0.25, 0.3) is 5.56 Å². The van der Waals surface area contributed by atoms with Crippen LogP contribution in [0.25, 0.3) is 11.3 Å². The Morgan fingerprint density at radius 2 is 1.96 bits per heavy atom. The molecular weight excluding hydrogens is 302 g/mol. The maximum Gasteiger partial charge on any atom is 0.341 e. The lowest BCUT2D eigenvalue weighted by atomic mass is 10.1. The van der Waals surface area contributed by atoms with Gasteiger partial charge in [0.1, 0.15) is 11.3 Å². The molecule has 1 atom stereocenters. The lowest BCUT2D eigenvalue weighted by molar-refractivity contribution is 0.0688. The Labute approximate surface area is 132 Å². The van der Waals surface area contributed by atoms with E-state index in [2.05, 4.69) is 0 Å². The molecule has 3 N–H and O–H groups in total. The summed E-state index contributed by atoms with van der Waals surface area (Å²) in [5, 5.41) is 27.8. The number of carboxylic acids is 1. The van der Waals surface area contributed by atoms with Crippen molar-refractivity contribution in [3.05, 3.63) is 52.3 Å². The predicted molar refractivity (Wildman–Crippen MR) is 82.7 cm³/mol. The zero-order valence-corrected chi connectivity index (χ0v) is 12.5. The minimum absolute atomic E-state index is 0.232. The maximum atomic E-state index is 12.4. The summed E-state index contributed by atoms with van der Waals surface area (Å²) in [4.78, 5) is 23.6. The Balaban J connectivity index is 2.70. The molecule has 0 bridgehead atoms. The van der Waals surface area contributed by atoms with Crippen LogP contribution in [0.3, 0.4) is 0 Å². The van der Waals surface area contributed by atoms with Crippen LogP contribution >= 0.6 is 0 Å². The summed E-state index contributed by atoms with van der Waals surface area (Å²) >= 11 is 0. The SMILES string of the molecule is COc1ccccc1-c1ccc(C(=O)O)c(=O)n1CC(O)CO. The van der Waals surface area contributed by atoms with Crippen molar-refractivity contribution in [2.24, 2.45) is 0 Å². The standard InChI is InChI=1S/C16H17NO6/c1-23-14-5-3-2-4-11(14)13-7-6-12(16(21)22)15(20)17(13)8-10(19)9-18/h2-7,10,18-19H,8-9H2,1H3,(H,21,22). The smallest absolute Gasteiger partial charge is 0.341 e. The highest BCUT2D eigenvalue weighted by Gasteiger charge is 2.18. The summed E-state index contributed by atoms with van der Waals surface area (Å²) in [6, 6.07) is 9.63. The monoisotopic (exact) mass is 319 g/mol. The number of hydrogen-bond donors (Lipinski definition) is 3. The van der Waals surface area contributed by atoms with E-state index in [0.29, 0.717) is 17.0 Å². The van der Waals surface area contributed by atoms with E-state index in [1.54, 1.807) is 24.3 Å².